The van der Waals surface area contributed by atoms with E-state index in [1.165, 1.54) is 19.2 Å². The van der Waals surface area contributed by atoms with Crippen LogP contribution in [0.2, 0.25) is 5.02 Å². The number of anilines is 2. The SMILES string of the molecule is C/C=C(\C)F.C=CN.CNc1ccc(Cl)c(-c2ccc3[nH]ccc3n2)c1.O=Cc1ccc(N2CCCS2=O)cc1. The number of allylic oxidation sites excluding steroid dienone is 2. The lowest BCUT2D eigenvalue weighted by atomic mass is 10.1. The molecule has 0 aliphatic carbocycles. The fourth-order valence-electron chi connectivity index (χ4n) is 3.47. The number of pyridine rings is 1. The predicted octanol–water partition coefficient (Wildman–Crippen LogP) is 7.27. The van der Waals surface area contributed by atoms with Gasteiger partial charge < -0.3 is 16.0 Å². The first-order chi connectivity index (χ1) is 19.3. The minimum atomic E-state index is -0.875. The Bertz CT molecular complexity index is 1440. The van der Waals surface area contributed by atoms with Crippen molar-refractivity contribution in [3.05, 3.63) is 102 Å². The predicted molar refractivity (Wildman–Crippen MR) is 168 cm³/mol. The van der Waals surface area contributed by atoms with Crippen LogP contribution in [0.25, 0.3) is 22.3 Å². The topological polar surface area (TPSA) is 104 Å². The molecule has 4 aromatic rings. The number of rotatable bonds is 4. The fraction of sp³-hybridized carbons (Fsp3) is 0.200. The largest absolute Gasteiger partial charge is 0.405 e. The molecule has 0 spiro atoms. The first-order valence-electron chi connectivity index (χ1n) is 12.5. The molecular formula is C30H35ClFN5O2S. The molecule has 7 nitrogen and oxygen atoms in total. The Morgan fingerprint density at radius 2 is 1.88 bits per heavy atom. The number of H-pyrrole nitrogens is 1. The van der Waals surface area contributed by atoms with Gasteiger partial charge in [-0.05, 0) is 87.1 Å². The number of benzene rings is 2. The zero-order valence-electron chi connectivity index (χ0n) is 22.9. The number of aldehydes is 1. The number of hydrogen-bond acceptors (Lipinski definition) is 5. The van der Waals surface area contributed by atoms with Gasteiger partial charge in [0.05, 0.1) is 27.6 Å². The number of aromatic amines is 1. The van der Waals surface area contributed by atoms with Gasteiger partial charge in [-0.1, -0.05) is 24.3 Å². The van der Waals surface area contributed by atoms with Crippen molar-refractivity contribution in [3.63, 3.8) is 0 Å². The summed E-state index contributed by atoms with van der Waals surface area (Å²) in [5.41, 5.74) is 11.0. The van der Waals surface area contributed by atoms with Crippen molar-refractivity contribution in [2.75, 3.05) is 29.0 Å². The Labute approximate surface area is 242 Å². The van der Waals surface area contributed by atoms with Gasteiger partial charge >= 0.3 is 0 Å². The van der Waals surface area contributed by atoms with Gasteiger partial charge in [0.1, 0.15) is 17.3 Å². The van der Waals surface area contributed by atoms with Crippen molar-refractivity contribution in [2.24, 2.45) is 5.73 Å². The van der Waals surface area contributed by atoms with Crippen LogP contribution in [-0.4, -0.2) is 39.8 Å². The lowest BCUT2D eigenvalue weighted by molar-refractivity contribution is 0.112. The van der Waals surface area contributed by atoms with E-state index in [2.05, 4.69) is 27.6 Å². The molecule has 3 heterocycles. The standard InChI is InChI=1S/C14H12ClN3.C10H11NO2S.C4H7F.C2H5N/c1-16-9-2-3-11(15)10(8-9)12-4-5-13-14(18-12)6-7-17-13;12-8-9-2-4-10(5-3-9)11-6-1-7-14(11)13;1-3-4(2)5;1-2-3/h2-8,16-17H,1H3;2-5,8H,1,6-7H2;3H,1-2H3;2H,1,3H2/b;;4-3+;. The van der Waals surface area contributed by atoms with E-state index in [9.17, 15) is 13.4 Å². The summed E-state index contributed by atoms with van der Waals surface area (Å²) in [6.07, 6.45) is 6.33. The minimum absolute atomic E-state index is 0.120. The summed E-state index contributed by atoms with van der Waals surface area (Å²) in [5, 5.41) is 3.81. The van der Waals surface area contributed by atoms with Crippen LogP contribution in [0, 0.1) is 0 Å². The second-order valence-electron chi connectivity index (χ2n) is 8.35. The molecule has 1 aliphatic heterocycles. The highest BCUT2D eigenvalue weighted by molar-refractivity contribution is 7.86. The van der Waals surface area contributed by atoms with Crippen LogP contribution in [0.4, 0.5) is 15.8 Å². The smallest absolute Gasteiger partial charge is 0.150 e. The van der Waals surface area contributed by atoms with E-state index in [4.69, 9.17) is 11.6 Å². The number of nitrogens with two attached hydrogens (primary N) is 1. The molecule has 40 heavy (non-hydrogen) atoms. The maximum Gasteiger partial charge on any atom is 0.150 e. The number of aromatic nitrogens is 2. The second kappa shape index (κ2) is 16.9. The molecule has 10 heteroatoms. The number of hydrogen-bond donors (Lipinski definition) is 3. The van der Waals surface area contributed by atoms with Gasteiger partial charge in [-0.15, -0.1) is 0 Å². The highest BCUT2D eigenvalue weighted by Crippen LogP contribution is 2.30. The van der Waals surface area contributed by atoms with Gasteiger partial charge in [0, 0.05) is 48.0 Å². The molecule has 2 aromatic carbocycles. The van der Waals surface area contributed by atoms with Gasteiger partial charge in [0.25, 0.3) is 0 Å². The summed E-state index contributed by atoms with van der Waals surface area (Å²) < 4.78 is 24.7. The van der Waals surface area contributed by atoms with Gasteiger partial charge in [0.2, 0.25) is 0 Å². The lowest BCUT2D eigenvalue weighted by Crippen LogP contribution is -2.19. The summed E-state index contributed by atoms with van der Waals surface area (Å²) in [6, 6.07) is 18.9. The van der Waals surface area contributed by atoms with Crippen molar-refractivity contribution in [2.45, 2.75) is 20.3 Å². The highest BCUT2D eigenvalue weighted by Gasteiger charge is 2.19. The van der Waals surface area contributed by atoms with Crippen molar-refractivity contribution in [1.29, 1.82) is 0 Å². The molecule has 1 atom stereocenters. The molecule has 1 unspecified atom stereocenters. The number of nitrogens with zero attached hydrogens (tertiary/aromatic N) is 2. The summed E-state index contributed by atoms with van der Waals surface area (Å²) in [6.45, 7) is 7.06. The molecule has 0 saturated carbocycles. The van der Waals surface area contributed by atoms with E-state index in [0.717, 1.165) is 58.7 Å². The van der Waals surface area contributed by atoms with Crippen molar-refractivity contribution in [1.82, 2.24) is 9.97 Å². The van der Waals surface area contributed by atoms with Crippen LogP contribution < -0.4 is 15.4 Å². The van der Waals surface area contributed by atoms with E-state index in [1.807, 2.05) is 66.1 Å². The Morgan fingerprint density at radius 3 is 2.42 bits per heavy atom. The van der Waals surface area contributed by atoms with Crippen molar-refractivity contribution < 1.29 is 13.4 Å². The Balaban J connectivity index is 0.000000226. The first kappa shape index (κ1) is 32.3. The van der Waals surface area contributed by atoms with Gasteiger partial charge in [-0.3, -0.25) is 9.10 Å². The normalized spacial score (nSPS) is 14.1. The quantitative estimate of drug-likeness (QED) is 0.219. The molecule has 212 valence electrons. The maximum absolute atomic E-state index is 11.5. The molecule has 1 aliphatic rings. The maximum atomic E-state index is 11.5. The lowest BCUT2D eigenvalue weighted by Gasteiger charge is -2.15. The van der Waals surface area contributed by atoms with E-state index < -0.39 is 11.0 Å². The second-order valence-corrected chi connectivity index (χ2v) is 10.3. The van der Waals surface area contributed by atoms with Crippen molar-refractivity contribution in [3.8, 4) is 11.3 Å². The number of carbonyl (C=O) groups excluding carboxylic acids is 1. The number of halogens is 2. The molecule has 1 saturated heterocycles. The van der Waals surface area contributed by atoms with Crippen LogP contribution in [-0.2, 0) is 11.0 Å². The molecule has 2 aromatic heterocycles. The average Bonchev–Trinajstić information content (AvgIpc) is 3.63. The molecule has 4 N–H and O–H groups in total. The van der Waals surface area contributed by atoms with E-state index in [-0.39, 0.29) is 5.83 Å². The molecule has 5 rings (SSSR count). The summed E-state index contributed by atoms with van der Waals surface area (Å²) in [4.78, 5) is 18.2. The van der Waals surface area contributed by atoms with Gasteiger partial charge in [-0.2, -0.15) is 0 Å². The van der Waals surface area contributed by atoms with E-state index in [0.29, 0.717) is 10.6 Å². The third-order valence-corrected chi connectivity index (χ3v) is 7.43. The molecule has 1 fully saturated rings. The highest BCUT2D eigenvalue weighted by atomic mass is 35.5. The third kappa shape index (κ3) is 9.66. The van der Waals surface area contributed by atoms with E-state index >= 15 is 0 Å². The Kier molecular flexibility index (Phi) is 13.6. The molecule has 0 amide bonds. The Hall–Kier alpha value is -3.95. The van der Waals surface area contributed by atoms with E-state index in [1.54, 1.807) is 19.1 Å². The van der Waals surface area contributed by atoms with Crippen LogP contribution in [0.3, 0.4) is 0 Å². The molecular weight excluding hydrogens is 549 g/mol. The van der Waals surface area contributed by atoms with Gasteiger partial charge in [0.15, 0.2) is 0 Å². The first-order valence-corrected chi connectivity index (χ1v) is 14.2. The zero-order valence-corrected chi connectivity index (χ0v) is 24.4. The summed E-state index contributed by atoms with van der Waals surface area (Å²) in [7, 11) is 1.01. The Morgan fingerprint density at radius 1 is 1.20 bits per heavy atom. The molecule has 0 radical (unpaired) electrons. The monoisotopic (exact) mass is 583 g/mol. The number of nitrogens with one attached hydrogen (secondary N) is 2. The zero-order chi connectivity index (χ0) is 29.5. The number of fused-ring (bicyclic) bond motifs is 1. The minimum Gasteiger partial charge on any atom is -0.405 e. The number of carbonyl (C=O) groups is 1. The third-order valence-electron chi connectivity index (χ3n) is 5.58. The van der Waals surface area contributed by atoms with Crippen LogP contribution in [0.15, 0.2) is 91.5 Å². The fourth-order valence-corrected chi connectivity index (χ4v) is 4.97. The summed E-state index contributed by atoms with van der Waals surface area (Å²) in [5.74, 6) is 0.625. The van der Waals surface area contributed by atoms with Crippen molar-refractivity contribution >= 4 is 51.3 Å². The van der Waals surface area contributed by atoms with Gasteiger partial charge in [-0.25, -0.2) is 13.6 Å². The van der Waals surface area contributed by atoms with Crippen LogP contribution in [0.5, 0.6) is 0 Å². The molecule has 0 bridgehead atoms. The van der Waals surface area contributed by atoms with Crippen LogP contribution in [0.1, 0.15) is 30.6 Å². The van der Waals surface area contributed by atoms with Crippen LogP contribution >= 0.6 is 11.6 Å². The summed E-state index contributed by atoms with van der Waals surface area (Å²) >= 11 is 6.24. The average molecular weight is 584 g/mol.